The Morgan fingerprint density at radius 2 is 1.86 bits per heavy atom. The van der Waals surface area contributed by atoms with Crippen LogP contribution in [-0.4, -0.2) is 12.5 Å². The lowest BCUT2D eigenvalue weighted by atomic mass is 10.2. The van der Waals surface area contributed by atoms with Crippen LogP contribution in [0.3, 0.4) is 0 Å². The third-order valence-electron chi connectivity index (χ3n) is 2.74. The van der Waals surface area contributed by atoms with Crippen LogP contribution in [0.15, 0.2) is 42.5 Å². The van der Waals surface area contributed by atoms with Crippen molar-refractivity contribution < 1.29 is 9.53 Å². The summed E-state index contributed by atoms with van der Waals surface area (Å²) in [6, 6.07) is 12.8. The number of primary amides is 1. The Kier molecular flexibility index (Phi) is 5.31. The first-order valence-electron chi connectivity index (χ1n) is 6.24. The van der Waals surface area contributed by atoms with E-state index in [1.165, 1.54) is 0 Å². The molecule has 110 valence electrons. The Balaban J connectivity index is 1.94. The molecule has 0 spiro atoms. The molecule has 0 aliphatic carbocycles. The Bertz CT molecular complexity index is 630. The fourth-order valence-electron chi connectivity index (χ4n) is 1.70. The number of halogens is 2. The smallest absolute Gasteiger partial charge is 0.255 e. The molecule has 0 unspecified atom stereocenters. The summed E-state index contributed by atoms with van der Waals surface area (Å²) >= 11 is 12.0. The minimum Gasteiger partial charge on any atom is -0.484 e. The zero-order valence-electron chi connectivity index (χ0n) is 11.1. The number of nitrogens with two attached hydrogens (primary N) is 1. The Morgan fingerprint density at radius 3 is 2.52 bits per heavy atom. The summed E-state index contributed by atoms with van der Waals surface area (Å²) in [5.74, 6) is 0.0923. The van der Waals surface area contributed by atoms with Crippen LogP contribution in [0.5, 0.6) is 5.75 Å². The number of carbonyl (C=O) groups is 1. The van der Waals surface area contributed by atoms with Crippen LogP contribution in [0.4, 0.5) is 5.69 Å². The molecule has 6 heteroatoms. The maximum absolute atomic E-state index is 10.6. The maximum atomic E-state index is 10.6. The summed E-state index contributed by atoms with van der Waals surface area (Å²) in [5, 5.41) is 4.22. The van der Waals surface area contributed by atoms with Crippen LogP contribution in [0.2, 0.25) is 10.0 Å². The summed E-state index contributed by atoms with van der Waals surface area (Å²) < 4.78 is 5.19. The quantitative estimate of drug-likeness (QED) is 0.855. The molecule has 2 aromatic rings. The number of carbonyl (C=O) groups excluding carboxylic acids is 1. The highest BCUT2D eigenvalue weighted by Gasteiger charge is 2.04. The second kappa shape index (κ2) is 7.20. The first kappa shape index (κ1) is 15.5. The van der Waals surface area contributed by atoms with Gasteiger partial charge in [0.25, 0.3) is 5.91 Å². The molecule has 0 heterocycles. The molecule has 0 aliphatic rings. The molecule has 3 N–H and O–H groups in total. The lowest BCUT2D eigenvalue weighted by Gasteiger charge is -2.10. The summed E-state index contributed by atoms with van der Waals surface area (Å²) in [4.78, 5) is 10.6. The average molecular weight is 325 g/mol. The highest BCUT2D eigenvalue weighted by molar-refractivity contribution is 6.43. The van der Waals surface area contributed by atoms with Crippen LogP contribution in [0, 0.1) is 0 Å². The Hall–Kier alpha value is -1.91. The van der Waals surface area contributed by atoms with Crippen LogP contribution in [-0.2, 0) is 11.3 Å². The zero-order valence-corrected chi connectivity index (χ0v) is 12.6. The van der Waals surface area contributed by atoms with Gasteiger partial charge >= 0.3 is 0 Å². The van der Waals surface area contributed by atoms with E-state index in [0.717, 1.165) is 11.3 Å². The lowest BCUT2D eigenvalue weighted by Crippen LogP contribution is -2.19. The van der Waals surface area contributed by atoms with Gasteiger partial charge in [0.05, 0.1) is 15.7 Å². The van der Waals surface area contributed by atoms with E-state index < -0.39 is 5.91 Å². The van der Waals surface area contributed by atoms with Crippen LogP contribution in [0.25, 0.3) is 0 Å². The Morgan fingerprint density at radius 1 is 1.14 bits per heavy atom. The van der Waals surface area contributed by atoms with Gasteiger partial charge in [-0.2, -0.15) is 0 Å². The molecule has 21 heavy (non-hydrogen) atoms. The molecule has 0 radical (unpaired) electrons. The summed E-state index contributed by atoms with van der Waals surface area (Å²) in [6.45, 7) is 0.464. The van der Waals surface area contributed by atoms with Crippen molar-refractivity contribution in [2.75, 3.05) is 11.9 Å². The van der Waals surface area contributed by atoms with E-state index in [0.29, 0.717) is 22.3 Å². The largest absolute Gasteiger partial charge is 0.484 e. The van der Waals surface area contributed by atoms with Crippen molar-refractivity contribution >= 4 is 34.8 Å². The van der Waals surface area contributed by atoms with Crippen molar-refractivity contribution in [1.82, 2.24) is 0 Å². The van der Waals surface area contributed by atoms with E-state index in [1.54, 1.807) is 18.2 Å². The molecule has 0 fully saturated rings. The van der Waals surface area contributed by atoms with Gasteiger partial charge < -0.3 is 15.8 Å². The SMILES string of the molecule is NC(=O)COc1ccc(CNc2cccc(Cl)c2Cl)cc1. The van der Waals surface area contributed by atoms with Crippen molar-refractivity contribution in [2.45, 2.75) is 6.54 Å². The number of benzene rings is 2. The molecule has 0 aliphatic heterocycles. The zero-order chi connectivity index (χ0) is 15.2. The van der Waals surface area contributed by atoms with Gasteiger partial charge in [0.15, 0.2) is 6.61 Å². The van der Waals surface area contributed by atoms with Crippen LogP contribution >= 0.6 is 23.2 Å². The van der Waals surface area contributed by atoms with Gasteiger partial charge in [-0.3, -0.25) is 4.79 Å². The van der Waals surface area contributed by atoms with Gasteiger partial charge in [-0.05, 0) is 29.8 Å². The molecule has 0 saturated carbocycles. The van der Waals surface area contributed by atoms with Crippen molar-refractivity contribution in [3.05, 3.63) is 58.1 Å². The average Bonchev–Trinajstić information content (AvgIpc) is 2.48. The lowest BCUT2D eigenvalue weighted by molar-refractivity contribution is -0.119. The molecule has 0 saturated heterocycles. The highest BCUT2D eigenvalue weighted by atomic mass is 35.5. The number of amides is 1. The number of nitrogens with one attached hydrogen (secondary N) is 1. The van der Waals surface area contributed by atoms with Crippen LogP contribution < -0.4 is 15.8 Å². The van der Waals surface area contributed by atoms with Gasteiger partial charge in [0.1, 0.15) is 5.75 Å². The van der Waals surface area contributed by atoms with Gasteiger partial charge in [0, 0.05) is 6.54 Å². The van der Waals surface area contributed by atoms with Crippen LogP contribution in [0.1, 0.15) is 5.56 Å². The van der Waals surface area contributed by atoms with E-state index in [-0.39, 0.29) is 6.61 Å². The molecule has 0 atom stereocenters. The van der Waals surface area contributed by atoms with E-state index in [9.17, 15) is 4.79 Å². The predicted octanol–water partition coefficient (Wildman–Crippen LogP) is 3.47. The van der Waals surface area contributed by atoms with Gasteiger partial charge in [-0.25, -0.2) is 0 Å². The highest BCUT2D eigenvalue weighted by Crippen LogP contribution is 2.29. The molecule has 2 rings (SSSR count). The van der Waals surface area contributed by atoms with E-state index >= 15 is 0 Å². The van der Waals surface area contributed by atoms with Gasteiger partial charge in [-0.1, -0.05) is 41.4 Å². The predicted molar refractivity (Wildman–Crippen MR) is 84.9 cm³/mol. The van der Waals surface area contributed by atoms with Gasteiger partial charge in [-0.15, -0.1) is 0 Å². The summed E-state index contributed by atoms with van der Waals surface area (Å²) in [6.07, 6.45) is 0. The molecule has 0 aromatic heterocycles. The molecule has 2 aromatic carbocycles. The van der Waals surface area contributed by atoms with Crippen molar-refractivity contribution in [3.63, 3.8) is 0 Å². The molecular formula is C15H14Cl2N2O2. The third kappa shape index (κ3) is 4.55. The molecule has 4 nitrogen and oxygen atoms in total. The standard InChI is InChI=1S/C15H14Cl2N2O2/c16-12-2-1-3-13(15(12)17)19-8-10-4-6-11(7-5-10)21-9-14(18)20/h1-7,19H,8-9H2,(H2,18,20). The third-order valence-corrected chi connectivity index (χ3v) is 3.56. The monoisotopic (exact) mass is 324 g/mol. The minimum absolute atomic E-state index is 0.129. The summed E-state index contributed by atoms with van der Waals surface area (Å²) in [5.41, 5.74) is 6.83. The normalized spacial score (nSPS) is 10.2. The fourth-order valence-corrected chi connectivity index (χ4v) is 2.06. The fraction of sp³-hybridized carbons (Fsp3) is 0.133. The Labute approximate surface area is 132 Å². The first-order valence-corrected chi connectivity index (χ1v) is 7.00. The number of rotatable bonds is 6. The van der Waals surface area contributed by atoms with Crippen molar-refractivity contribution in [2.24, 2.45) is 5.73 Å². The maximum Gasteiger partial charge on any atom is 0.255 e. The molecular weight excluding hydrogens is 311 g/mol. The van der Waals surface area contributed by atoms with E-state index in [1.807, 2.05) is 24.3 Å². The first-order chi connectivity index (χ1) is 10.1. The number of hydrogen-bond donors (Lipinski definition) is 2. The number of anilines is 1. The minimum atomic E-state index is -0.503. The van der Waals surface area contributed by atoms with Crippen molar-refractivity contribution in [3.8, 4) is 5.75 Å². The molecule has 1 amide bonds. The topological polar surface area (TPSA) is 64.4 Å². The molecule has 0 bridgehead atoms. The van der Waals surface area contributed by atoms with E-state index in [2.05, 4.69) is 5.32 Å². The number of hydrogen-bond acceptors (Lipinski definition) is 3. The van der Waals surface area contributed by atoms with Gasteiger partial charge in [0.2, 0.25) is 0 Å². The van der Waals surface area contributed by atoms with Crippen molar-refractivity contribution in [1.29, 1.82) is 0 Å². The van der Waals surface area contributed by atoms with E-state index in [4.69, 9.17) is 33.7 Å². The summed E-state index contributed by atoms with van der Waals surface area (Å²) in [7, 11) is 0. The second-order valence-electron chi connectivity index (χ2n) is 4.35. The second-order valence-corrected chi connectivity index (χ2v) is 5.14. The number of ether oxygens (including phenoxy) is 1.